The van der Waals surface area contributed by atoms with E-state index < -0.39 is 0 Å². The fraction of sp³-hybridized carbons (Fsp3) is 0.636. The molecule has 0 aliphatic heterocycles. The lowest BCUT2D eigenvalue weighted by Crippen LogP contribution is -2.05. The van der Waals surface area contributed by atoms with Crippen molar-refractivity contribution in [2.24, 2.45) is 0 Å². The van der Waals surface area contributed by atoms with Gasteiger partial charge in [0.1, 0.15) is 12.1 Å². The van der Waals surface area contributed by atoms with Crippen LogP contribution in [0, 0.1) is 0 Å². The molecule has 1 rings (SSSR count). The highest BCUT2D eigenvalue weighted by atomic mass is 16.5. The van der Waals surface area contributed by atoms with Gasteiger partial charge in [0.05, 0.1) is 6.61 Å². The SMILES string of the molecule is CCCNc1cc(OCCCOC)ncn1. The molecule has 0 saturated heterocycles. The highest BCUT2D eigenvalue weighted by Gasteiger charge is 1.98. The van der Waals surface area contributed by atoms with Crippen molar-refractivity contribution in [2.45, 2.75) is 19.8 Å². The summed E-state index contributed by atoms with van der Waals surface area (Å²) in [5.41, 5.74) is 0. The van der Waals surface area contributed by atoms with E-state index >= 15 is 0 Å². The Balaban J connectivity index is 2.35. The Hall–Kier alpha value is -1.36. The predicted octanol–water partition coefficient (Wildman–Crippen LogP) is 1.71. The third-order valence-electron chi connectivity index (χ3n) is 1.94. The van der Waals surface area contributed by atoms with Gasteiger partial charge in [0.25, 0.3) is 0 Å². The zero-order valence-electron chi connectivity index (χ0n) is 9.90. The van der Waals surface area contributed by atoms with Crippen molar-refractivity contribution in [1.29, 1.82) is 0 Å². The van der Waals surface area contributed by atoms with Crippen LogP contribution in [0.3, 0.4) is 0 Å². The summed E-state index contributed by atoms with van der Waals surface area (Å²) < 4.78 is 10.4. The van der Waals surface area contributed by atoms with Gasteiger partial charge in [-0.15, -0.1) is 0 Å². The van der Waals surface area contributed by atoms with Gasteiger partial charge in [-0.1, -0.05) is 6.92 Å². The lowest BCUT2D eigenvalue weighted by Gasteiger charge is -2.07. The molecule has 0 aliphatic rings. The number of hydrogen-bond donors (Lipinski definition) is 1. The van der Waals surface area contributed by atoms with Crippen molar-refractivity contribution in [3.8, 4) is 5.88 Å². The van der Waals surface area contributed by atoms with Gasteiger partial charge in [-0.3, -0.25) is 0 Å². The molecular weight excluding hydrogens is 206 g/mol. The van der Waals surface area contributed by atoms with Crippen LogP contribution in [0.5, 0.6) is 5.88 Å². The minimum atomic E-state index is 0.602. The molecule has 1 aromatic rings. The minimum Gasteiger partial charge on any atom is -0.477 e. The number of aromatic nitrogens is 2. The molecule has 1 N–H and O–H groups in total. The van der Waals surface area contributed by atoms with Crippen LogP contribution in [0.4, 0.5) is 5.82 Å². The highest BCUT2D eigenvalue weighted by molar-refractivity contribution is 5.36. The lowest BCUT2D eigenvalue weighted by atomic mass is 10.4. The monoisotopic (exact) mass is 225 g/mol. The average molecular weight is 225 g/mol. The molecule has 0 aromatic carbocycles. The molecule has 90 valence electrons. The number of ether oxygens (including phenoxy) is 2. The van der Waals surface area contributed by atoms with E-state index in [9.17, 15) is 0 Å². The second-order valence-electron chi connectivity index (χ2n) is 3.36. The zero-order chi connectivity index (χ0) is 11.6. The Morgan fingerprint density at radius 1 is 1.31 bits per heavy atom. The smallest absolute Gasteiger partial charge is 0.218 e. The second-order valence-corrected chi connectivity index (χ2v) is 3.36. The minimum absolute atomic E-state index is 0.602. The Morgan fingerprint density at radius 3 is 2.94 bits per heavy atom. The van der Waals surface area contributed by atoms with Crippen LogP contribution in [0.25, 0.3) is 0 Å². The van der Waals surface area contributed by atoms with Crippen molar-refractivity contribution < 1.29 is 9.47 Å². The molecule has 5 nitrogen and oxygen atoms in total. The van der Waals surface area contributed by atoms with Gasteiger partial charge in [0.2, 0.25) is 5.88 Å². The molecule has 0 spiro atoms. The number of rotatable bonds is 8. The third kappa shape index (κ3) is 4.93. The van der Waals surface area contributed by atoms with E-state index in [-0.39, 0.29) is 0 Å². The molecule has 1 aromatic heterocycles. The van der Waals surface area contributed by atoms with E-state index in [1.54, 1.807) is 7.11 Å². The Labute approximate surface area is 96.2 Å². The van der Waals surface area contributed by atoms with Crippen LogP contribution in [-0.2, 0) is 4.74 Å². The van der Waals surface area contributed by atoms with Crippen LogP contribution >= 0.6 is 0 Å². The van der Waals surface area contributed by atoms with Crippen LogP contribution in [0.2, 0.25) is 0 Å². The maximum absolute atomic E-state index is 5.46. The van der Waals surface area contributed by atoms with Gasteiger partial charge in [-0.2, -0.15) is 0 Å². The van der Waals surface area contributed by atoms with Crippen molar-refractivity contribution in [3.05, 3.63) is 12.4 Å². The maximum Gasteiger partial charge on any atom is 0.218 e. The molecule has 0 aliphatic carbocycles. The first-order chi connectivity index (χ1) is 7.86. The van der Waals surface area contributed by atoms with Crippen LogP contribution in [-0.4, -0.2) is 36.8 Å². The summed E-state index contributed by atoms with van der Waals surface area (Å²) in [7, 11) is 1.68. The van der Waals surface area contributed by atoms with Crippen molar-refractivity contribution in [2.75, 3.05) is 32.2 Å². The predicted molar refractivity (Wildman–Crippen MR) is 62.8 cm³/mol. The first kappa shape index (κ1) is 12.7. The van der Waals surface area contributed by atoms with E-state index in [1.807, 2.05) is 6.07 Å². The molecule has 0 atom stereocenters. The number of anilines is 1. The zero-order valence-corrected chi connectivity index (χ0v) is 9.90. The normalized spacial score (nSPS) is 10.1. The number of methoxy groups -OCH3 is 1. The number of hydrogen-bond acceptors (Lipinski definition) is 5. The standard InChI is InChI=1S/C11H19N3O2/c1-3-5-12-10-8-11(14-9-13-10)16-7-4-6-15-2/h8-9H,3-7H2,1-2H3,(H,12,13,14). The summed E-state index contributed by atoms with van der Waals surface area (Å²) in [6.07, 6.45) is 3.43. The number of nitrogens with zero attached hydrogens (tertiary/aromatic N) is 2. The second kappa shape index (κ2) is 7.87. The summed E-state index contributed by atoms with van der Waals surface area (Å²) in [4.78, 5) is 8.13. The molecular formula is C11H19N3O2. The van der Waals surface area contributed by atoms with Crippen molar-refractivity contribution in [1.82, 2.24) is 9.97 Å². The first-order valence-electron chi connectivity index (χ1n) is 5.54. The van der Waals surface area contributed by atoms with Gasteiger partial charge in [-0.25, -0.2) is 9.97 Å². The molecule has 1 heterocycles. The quantitative estimate of drug-likeness (QED) is 0.683. The number of nitrogens with one attached hydrogen (secondary N) is 1. The summed E-state index contributed by atoms with van der Waals surface area (Å²) in [5.74, 6) is 1.41. The van der Waals surface area contributed by atoms with Crippen molar-refractivity contribution >= 4 is 5.82 Å². The molecule has 5 heteroatoms. The van der Waals surface area contributed by atoms with Crippen LogP contribution < -0.4 is 10.1 Å². The van der Waals surface area contributed by atoms with E-state index in [4.69, 9.17) is 9.47 Å². The fourth-order valence-corrected chi connectivity index (χ4v) is 1.15. The first-order valence-corrected chi connectivity index (χ1v) is 5.54. The van der Waals surface area contributed by atoms with Gasteiger partial charge in [0, 0.05) is 32.7 Å². The van der Waals surface area contributed by atoms with Gasteiger partial charge in [-0.05, 0) is 6.42 Å². The summed E-state index contributed by atoms with van der Waals surface area (Å²) in [6.45, 7) is 4.32. The lowest BCUT2D eigenvalue weighted by molar-refractivity contribution is 0.170. The van der Waals surface area contributed by atoms with Gasteiger partial charge in [0.15, 0.2) is 0 Å². The van der Waals surface area contributed by atoms with E-state index in [0.717, 1.165) is 25.2 Å². The van der Waals surface area contributed by atoms with Crippen LogP contribution in [0.15, 0.2) is 12.4 Å². The summed E-state index contributed by atoms with van der Waals surface area (Å²) in [6, 6.07) is 1.81. The highest BCUT2D eigenvalue weighted by Crippen LogP contribution is 2.10. The fourth-order valence-electron chi connectivity index (χ4n) is 1.15. The van der Waals surface area contributed by atoms with Crippen molar-refractivity contribution in [3.63, 3.8) is 0 Å². The molecule has 0 radical (unpaired) electrons. The summed E-state index contributed by atoms with van der Waals surface area (Å²) in [5, 5.41) is 3.18. The molecule has 0 bridgehead atoms. The van der Waals surface area contributed by atoms with E-state index in [2.05, 4.69) is 22.2 Å². The van der Waals surface area contributed by atoms with Crippen LogP contribution in [0.1, 0.15) is 19.8 Å². The topological polar surface area (TPSA) is 56.3 Å². The molecule has 16 heavy (non-hydrogen) atoms. The molecule has 0 fully saturated rings. The molecule has 0 unspecified atom stereocenters. The average Bonchev–Trinajstić information content (AvgIpc) is 2.33. The van der Waals surface area contributed by atoms with Gasteiger partial charge < -0.3 is 14.8 Å². The summed E-state index contributed by atoms with van der Waals surface area (Å²) >= 11 is 0. The van der Waals surface area contributed by atoms with E-state index in [0.29, 0.717) is 19.1 Å². The Bertz CT molecular complexity index is 294. The molecule has 0 saturated carbocycles. The van der Waals surface area contributed by atoms with Gasteiger partial charge >= 0.3 is 0 Å². The Kier molecular flexibility index (Phi) is 6.25. The van der Waals surface area contributed by atoms with E-state index in [1.165, 1.54) is 6.33 Å². The largest absolute Gasteiger partial charge is 0.477 e. The Morgan fingerprint density at radius 2 is 2.19 bits per heavy atom. The maximum atomic E-state index is 5.46. The molecule has 0 amide bonds. The third-order valence-corrected chi connectivity index (χ3v) is 1.94.